The van der Waals surface area contributed by atoms with Crippen molar-refractivity contribution >= 4 is 11.3 Å². The molecular weight excluding hydrogens is 256 g/mol. The molecule has 3 nitrogen and oxygen atoms in total. The van der Waals surface area contributed by atoms with Crippen molar-refractivity contribution in [1.82, 2.24) is 10.3 Å². The molecule has 0 fully saturated rings. The number of likely N-dealkylation sites (N-methyl/N-ethyl adjacent to an activating group) is 1. The van der Waals surface area contributed by atoms with Gasteiger partial charge in [0.15, 0.2) is 0 Å². The van der Waals surface area contributed by atoms with Gasteiger partial charge in [-0.25, -0.2) is 4.98 Å². The number of ether oxygens (including phenoxy) is 1. The Bertz CT molecular complexity index is 498. The van der Waals surface area contributed by atoms with Crippen LogP contribution in [0.25, 0.3) is 11.3 Å². The number of nitrogens with one attached hydrogen (secondary N) is 1. The quantitative estimate of drug-likeness (QED) is 0.880. The standard InChI is InChI=1S/C15H20N2OS/c1-11(18-3)13(16-2)9-15-17-14(10-19-15)12-7-5-4-6-8-12/h4-8,10-11,13,16H,9H2,1-3H3. The SMILES string of the molecule is CNC(Cc1nc(-c2ccccc2)cs1)C(C)OC. The zero-order valence-electron chi connectivity index (χ0n) is 11.6. The minimum Gasteiger partial charge on any atom is -0.380 e. The van der Waals surface area contributed by atoms with Gasteiger partial charge in [-0.2, -0.15) is 0 Å². The van der Waals surface area contributed by atoms with Crippen LogP contribution in [0.5, 0.6) is 0 Å². The summed E-state index contributed by atoms with van der Waals surface area (Å²) in [6.07, 6.45) is 1.07. The summed E-state index contributed by atoms with van der Waals surface area (Å²) in [5.74, 6) is 0. The van der Waals surface area contributed by atoms with E-state index in [1.807, 2.05) is 25.2 Å². The summed E-state index contributed by atoms with van der Waals surface area (Å²) in [4.78, 5) is 4.71. The number of thiazole rings is 1. The normalized spacial score (nSPS) is 14.3. The third kappa shape index (κ3) is 3.62. The first-order valence-corrected chi connectivity index (χ1v) is 7.32. The fourth-order valence-corrected chi connectivity index (χ4v) is 2.86. The van der Waals surface area contributed by atoms with Crippen LogP contribution in [-0.2, 0) is 11.2 Å². The van der Waals surface area contributed by atoms with Crippen LogP contribution in [0.3, 0.4) is 0 Å². The lowest BCUT2D eigenvalue weighted by molar-refractivity contribution is 0.0857. The summed E-state index contributed by atoms with van der Waals surface area (Å²) in [6.45, 7) is 2.08. The van der Waals surface area contributed by atoms with Crippen LogP contribution in [0, 0.1) is 0 Å². The molecule has 0 amide bonds. The van der Waals surface area contributed by atoms with Crippen molar-refractivity contribution in [3.05, 3.63) is 40.7 Å². The zero-order valence-corrected chi connectivity index (χ0v) is 12.4. The number of aromatic nitrogens is 1. The first-order chi connectivity index (χ1) is 9.24. The minimum atomic E-state index is 0.175. The molecule has 2 unspecified atom stereocenters. The molecule has 1 aromatic carbocycles. The highest BCUT2D eigenvalue weighted by Crippen LogP contribution is 2.22. The van der Waals surface area contributed by atoms with Crippen molar-refractivity contribution in [1.29, 1.82) is 0 Å². The molecule has 0 spiro atoms. The van der Waals surface area contributed by atoms with Crippen molar-refractivity contribution in [2.45, 2.75) is 25.5 Å². The largest absolute Gasteiger partial charge is 0.380 e. The second-order valence-corrected chi connectivity index (χ2v) is 5.48. The van der Waals surface area contributed by atoms with Gasteiger partial charge in [0.1, 0.15) is 0 Å². The van der Waals surface area contributed by atoms with E-state index in [-0.39, 0.29) is 6.10 Å². The lowest BCUT2D eigenvalue weighted by Gasteiger charge is -2.21. The average molecular weight is 276 g/mol. The highest BCUT2D eigenvalue weighted by Gasteiger charge is 2.17. The number of hydrogen-bond donors (Lipinski definition) is 1. The van der Waals surface area contributed by atoms with Crippen molar-refractivity contribution in [2.24, 2.45) is 0 Å². The smallest absolute Gasteiger partial charge is 0.0949 e. The van der Waals surface area contributed by atoms with Gasteiger partial charge in [-0.15, -0.1) is 11.3 Å². The first kappa shape index (κ1) is 14.2. The molecule has 0 saturated heterocycles. The van der Waals surface area contributed by atoms with Crippen LogP contribution in [0.1, 0.15) is 11.9 Å². The van der Waals surface area contributed by atoms with Crippen LogP contribution < -0.4 is 5.32 Å². The fraction of sp³-hybridized carbons (Fsp3) is 0.400. The molecule has 0 bridgehead atoms. The molecule has 1 aromatic heterocycles. The third-order valence-electron chi connectivity index (χ3n) is 3.33. The molecule has 2 aromatic rings. The molecule has 1 heterocycles. The van der Waals surface area contributed by atoms with E-state index < -0.39 is 0 Å². The Morgan fingerprint density at radius 2 is 2.05 bits per heavy atom. The van der Waals surface area contributed by atoms with Crippen molar-refractivity contribution in [3.63, 3.8) is 0 Å². The van der Waals surface area contributed by atoms with Gasteiger partial charge in [-0.05, 0) is 14.0 Å². The Kier molecular flexibility index (Phi) is 5.07. The van der Waals surface area contributed by atoms with E-state index >= 15 is 0 Å². The van der Waals surface area contributed by atoms with Gasteiger partial charge in [0.05, 0.1) is 16.8 Å². The average Bonchev–Trinajstić information content (AvgIpc) is 2.93. The van der Waals surface area contributed by atoms with Crippen LogP contribution in [0.15, 0.2) is 35.7 Å². The molecular formula is C15H20N2OS. The molecule has 4 heteroatoms. The maximum Gasteiger partial charge on any atom is 0.0949 e. The van der Waals surface area contributed by atoms with E-state index in [0.717, 1.165) is 17.1 Å². The van der Waals surface area contributed by atoms with Gasteiger partial charge in [-0.3, -0.25) is 0 Å². The zero-order chi connectivity index (χ0) is 13.7. The Balaban J connectivity index is 2.09. The summed E-state index contributed by atoms with van der Waals surface area (Å²) in [6, 6.07) is 10.6. The van der Waals surface area contributed by atoms with Crippen molar-refractivity contribution in [3.8, 4) is 11.3 Å². The summed E-state index contributed by atoms with van der Waals surface area (Å²) in [5.41, 5.74) is 2.23. The van der Waals surface area contributed by atoms with Gasteiger partial charge in [0.2, 0.25) is 0 Å². The van der Waals surface area contributed by atoms with E-state index in [0.29, 0.717) is 6.04 Å². The lowest BCUT2D eigenvalue weighted by atomic mass is 10.1. The first-order valence-electron chi connectivity index (χ1n) is 6.44. The molecule has 0 aliphatic carbocycles. The minimum absolute atomic E-state index is 0.175. The third-order valence-corrected chi connectivity index (χ3v) is 4.20. The Morgan fingerprint density at radius 3 is 2.68 bits per heavy atom. The molecule has 102 valence electrons. The molecule has 0 aliphatic heterocycles. The second kappa shape index (κ2) is 6.80. The lowest BCUT2D eigenvalue weighted by Crippen LogP contribution is -2.38. The highest BCUT2D eigenvalue weighted by molar-refractivity contribution is 7.09. The molecule has 2 atom stereocenters. The van der Waals surface area contributed by atoms with E-state index in [9.17, 15) is 0 Å². The van der Waals surface area contributed by atoms with E-state index in [1.165, 1.54) is 5.56 Å². The van der Waals surface area contributed by atoms with Crippen LogP contribution in [-0.4, -0.2) is 31.3 Å². The van der Waals surface area contributed by atoms with Gasteiger partial charge >= 0.3 is 0 Å². The van der Waals surface area contributed by atoms with Crippen LogP contribution >= 0.6 is 11.3 Å². The number of hydrogen-bond acceptors (Lipinski definition) is 4. The molecule has 1 N–H and O–H groups in total. The van der Waals surface area contributed by atoms with Gasteiger partial charge in [0.25, 0.3) is 0 Å². The molecule has 19 heavy (non-hydrogen) atoms. The second-order valence-electron chi connectivity index (χ2n) is 4.53. The van der Waals surface area contributed by atoms with Crippen LogP contribution in [0.4, 0.5) is 0 Å². The van der Waals surface area contributed by atoms with Gasteiger partial charge in [0, 0.05) is 30.5 Å². The van der Waals surface area contributed by atoms with Crippen LogP contribution in [0.2, 0.25) is 0 Å². The Hall–Kier alpha value is -1.23. The van der Waals surface area contributed by atoms with Crippen molar-refractivity contribution < 1.29 is 4.74 Å². The number of rotatable bonds is 6. The molecule has 0 radical (unpaired) electrons. The number of methoxy groups -OCH3 is 1. The molecule has 0 saturated carbocycles. The van der Waals surface area contributed by atoms with E-state index in [4.69, 9.17) is 9.72 Å². The van der Waals surface area contributed by atoms with Gasteiger partial charge < -0.3 is 10.1 Å². The number of nitrogens with zero attached hydrogens (tertiary/aromatic N) is 1. The Morgan fingerprint density at radius 1 is 1.32 bits per heavy atom. The van der Waals surface area contributed by atoms with Gasteiger partial charge in [-0.1, -0.05) is 30.3 Å². The predicted molar refractivity (Wildman–Crippen MR) is 80.6 cm³/mol. The number of benzene rings is 1. The Labute approximate surface area is 118 Å². The maximum absolute atomic E-state index is 5.38. The summed E-state index contributed by atoms with van der Waals surface area (Å²) < 4.78 is 5.38. The molecule has 2 rings (SSSR count). The molecule has 0 aliphatic rings. The van der Waals surface area contributed by atoms with Crippen molar-refractivity contribution in [2.75, 3.05) is 14.2 Å². The summed E-state index contributed by atoms with van der Waals surface area (Å²) in [7, 11) is 3.71. The maximum atomic E-state index is 5.38. The highest BCUT2D eigenvalue weighted by atomic mass is 32.1. The monoisotopic (exact) mass is 276 g/mol. The van der Waals surface area contributed by atoms with E-state index in [1.54, 1.807) is 18.4 Å². The topological polar surface area (TPSA) is 34.2 Å². The fourth-order valence-electron chi connectivity index (χ4n) is 2.00. The van der Waals surface area contributed by atoms with E-state index in [2.05, 4.69) is 29.8 Å². The summed E-state index contributed by atoms with van der Waals surface area (Å²) in [5, 5.41) is 6.55. The predicted octanol–water partition coefficient (Wildman–Crippen LogP) is 2.98. The summed E-state index contributed by atoms with van der Waals surface area (Å²) >= 11 is 1.71.